The fraction of sp³-hybridized carbons (Fsp3) is 0.214. The first kappa shape index (κ1) is 12.0. The zero-order valence-electron chi connectivity index (χ0n) is 10.7. The maximum absolute atomic E-state index is 5.73. The molecule has 0 saturated heterocycles. The Morgan fingerprint density at radius 1 is 1.37 bits per heavy atom. The standard InChI is InChI=1S/C14H15N3OS/c1-17(7-6-11-3-2-8-19-11)14-16-12-5-4-10(15)9-13(12)18-14/h2-5,8-9H,6-7,15H2,1H3. The Labute approximate surface area is 115 Å². The van der Waals surface area contributed by atoms with Crippen LogP contribution in [0.15, 0.2) is 40.1 Å². The second-order valence-corrected chi connectivity index (χ2v) is 5.51. The molecule has 0 amide bonds. The van der Waals surface area contributed by atoms with Gasteiger partial charge in [-0.15, -0.1) is 11.3 Å². The summed E-state index contributed by atoms with van der Waals surface area (Å²) in [6.45, 7) is 0.878. The highest BCUT2D eigenvalue weighted by Crippen LogP contribution is 2.23. The number of hydrogen-bond acceptors (Lipinski definition) is 5. The molecule has 0 fully saturated rings. The van der Waals surface area contributed by atoms with Gasteiger partial charge in [-0.3, -0.25) is 0 Å². The van der Waals surface area contributed by atoms with Crippen LogP contribution in [-0.2, 0) is 6.42 Å². The van der Waals surface area contributed by atoms with Crippen LogP contribution in [0.2, 0.25) is 0 Å². The topological polar surface area (TPSA) is 55.3 Å². The van der Waals surface area contributed by atoms with Gasteiger partial charge in [0.2, 0.25) is 0 Å². The number of oxazole rings is 1. The van der Waals surface area contributed by atoms with E-state index in [1.807, 2.05) is 24.1 Å². The van der Waals surface area contributed by atoms with E-state index in [1.165, 1.54) is 4.88 Å². The molecule has 0 unspecified atom stereocenters. The number of hydrogen-bond donors (Lipinski definition) is 1. The Bertz CT molecular complexity index is 675. The summed E-state index contributed by atoms with van der Waals surface area (Å²) in [5.74, 6) is 0. The first-order chi connectivity index (χ1) is 9.22. The number of rotatable bonds is 4. The summed E-state index contributed by atoms with van der Waals surface area (Å²) >= 11 is 1.77. The first-order valence-corrected chi connectivity index (χ1v) is 7.00. The van der Waals surface area contributed by atoms with E-state index < -0.39 is 0 Å². The van der Waals surface area contributed by atoms with Crippen LogP contribution in [0.3, 0.4) is 0 Å². The maximum atomic E-state index is 5.73. The molecule has 2 N–H and O–H groups in total. The Balaban J connectivity index is 1.75. The van der Waals surface area contributed by atoms with Crippen molar-refractivity contribution in [1.29, 1.82) is 0 Å². The fourth-order valence-electron chi connectivity index (χ4n) is 1.92. The number of thiophene rings is 1. The Hall–Kier alpha value is -2.01. The zero-order chi connectivity index (χ0) is 13.2. The molecule has 0 radical (unpaired) electrons. The SMILES string of the molecule is CN(CCc1cccs1)c1nc2ccc(N)cc2o1. The Morgan fingerprint density at radius 3 is 3.05 bits per heavy atom. The molecule has 0 bridgehead atoms. The highest BCUT2D eigenvalue weighted by Gasteiger charge is 2.10. The minimum atomic E-state index is 0.636. The number of anilines is 2. The molecule has 4 nitrogen and oxygen atoms in total. The lowest BCUT2D eigenvalue weighted by atomic mass is 10.3. The van der Waals surface area contributed by atoms with E-state index in [0.717, 1.165) is 24.1 Å². The van der Waals surface area contributed by atoms with E-state index >= 15 is 0 Å². The maximum Gasteiger partial charge on any atom is 0.298 e. The largest absolute Gasteiger partial charge is 0.423 e. The van der Waals surface area contributed by atoms with Gasteiger partial charge in [0.25, 0.3) is 6.01 Å². The van der Waals surface area contributed by atoms with Crippen LogP contribution in [0.4, 0.5) is 11.7 Å². The molecule has 2 aromatic heterocycles. The van der Waals surface area contributed by atoms with Gasteiger partial charge in [0.05, 0.1) is 0 Å². The summed E-state index contributed by atoms with van der Waals surface area (Å²) in [5, 5.41) is 2.09. The monoisotopic (exact) mass is 273 g/mol. The summed E-state index contributed by atoms with van der Waals surface area (Å²) in [6.07, 6.45) is 0.995. The molecular formula is C14H15N3OS. The molecular weight excluding hydrogens is 258 g/mol. The molecule has 0 aliphatic rings. The van der Waals surface area contributed by atoms with Crippen LogP contribution >= 0.6 is 11.3 Å². The zero-order valence-corrected chi connectivity index (χ0v) is 11.5. The molecule has 2 heterocycles. The first-order valence-electron chi connectivity index (χ1n) is 6.12. The van der Waals surface area contributed by atoms with Crippen molar-refractivity contribution in [3.8, 4) is 0 Å². The second kappa shape index (κ2) is 4.93. The summed E-state index contributed by atoms with van der Waals surface area (Å²) < 4.78 is 5.72. The van der Waals surface area contributed by atoms with Crippen molar-refractivity contribution in [3.05, 3.63) is 40.6 Å². The van der Waals surface area contributed by atoms with Crippen molar-refractivity contribution < 1.29 is 4.42 Å². The van der Waals surface area contributed by atoms with Crippen LogP contribution in [0.1, 0.15) is 4.88 Å². The van der Waals surface area contributed by atoms with Crippen molar-refractivity contribution in [1.82, 2.24) is 4.98 Å². The highest BCUT2D eigenvalue weighted by molar-refractivity contribution is 7.09. The molecule has 19 heavy (non-hydrogen) atoms. The number of nitrogens with zero attached hydrogens (tertiary/aromatic N) is 2. The van der Waals surface area contributed by atoms with Crippen LogP contribution in [-0.4, -0.2) is 18.6 Å². The third kappa shape index (κ3) is 2.56. The van der Waals surface area contributed by atoms with Crippen molar-refractivity contribution >= 4 is 34.1 Å². The summed E-state index contributed by atoms with van der Waals surface area (Å²) in [5.41, 5.74) is 8.00. The van der Waals surface area contributed by atoms with Gasteiger partial charge < -0.3 is 15.1 Å². The van der Waals surface area contributed by atoms with Gasteiger partial charge in [-0.2, -0.15) is 4.98 Å². The lowest BCUT2D eigenvalue weighted by Gasteiger charge is -2.13. The van der Waals surface area contributed by atoms with Crippen LogP contribution in [0, 0.1) is 0 Å². The average molecular weight is 273 g/mol. The van der Waals surface area contributed by atoms with Crippen LogP contribution in [0.5, 0.6) is 0 Å². The number of nitrogen functional groups attached to an aromatic ring is 1. The van der Waals surface area contributed by atoms with Gasteiger partial charge in [-0.1, -0.05) is 6.07 Å². The van der Waals surface area contributed by atoms with E-state index in [2.05, 4.69) is 22.5 Å². The van der Waals surface area contributed by atoms with Crippen LogP contribution < -0.4 is 10.6 Å². The number of likely N-dealkylation sites (N-methyl/N-ethyl adjacent to an activating group) is 1. The van der Waals surface area contributed by atoms with Gasteiger partial charge >= 0.3 is 0 Å². The fourth-order valence-corrected chi connectivity index (χ4v) is 2.62. The number of benzene rings is 1. The van der Waals surface area contributed by atoms with Crippen molar-refractivity contribution in [3.63, 3.8) is 0 Å². The number of aromatic nitrogens is 1. The quantitative estimate of drug-likeness (QED) is 0.742. The lowest BCUT2D eigenvalue weighted by molar-refractivity contribution is 0.583. The van der Waals surface area contributed by atoms with E-state index in [9.17, 15) is 0 Å². The normalized spacial score (nSPS) is 11.0. The van der Waals surface area contributed by atoms with Gasteiger partial charge in [0.1, 0.15) is 5.52 Å². The van der Waals surface area contributed by atoms with E-state index in [-0.39, 0.29) is 0 Å². The van der Waals surface area contributed by atoms with Crippen molar-refractivity contribution in [2.75, 3.05) is 24.2 Å². The summed E-state index contributed by atoms with van der Waals surface area (Å²) in [4.78, 5) is 7.85. The van der Waals surface area contributed by atoms with E-state index in [0.29, 0.717) is 11.7 Å². The summed E-state index contributed by atoms with van der Waals surface area (Å²) in [7, 11) is 1.99. The smallest absolute Gasteiger partial charge is 0.298 e. The van der Waals surface area contributed by atoms with Crippen molar-refractivity contribution in [2.45, 2.75) is 6.42 Å². The molecule has 98 valence electrons. The minimum absolute atomic E-state index is 0.636. The molecule has 3 rings (SSSR count). The molecule has 0 aliphatic heterocycles. The van der Waals surface area contributed by atoms with Crippen LogP contribution in [0.25, 0.3) is 11.1 Å². The molecule has 0 atom stereocenters. The van der Waals surface area contributed by atoms with Gasteiger partial charge in [0.15, 0.2) is 5.58 Å². The van der Waals surface area contributed by atoms with Gasteiger partial charge in [-0.25, -0.2) is 0 Å². The number of fused-ring (bicyclic) bond motifs is 1. The molecule has 1 aromatic carbocycles. The average Bonchev–Trinajstić information content (AvgIpc) is 3.04. The predicted molar refractivity (Wildman–Crippen MR) is 79.7 cm³/mol. The number of nitrogens with two attached hydrogens (primary N) is 1. The second-order valence-electron chi connectivity index (χ2n) is 4.47. The molecule has 3 aromatic rings. The predicted octanol–water partition coefficient (Wildman–Crippen LogP) is 3.15. The van der Waals surface area contributed by atoms with Gasteiger partial charge in [0, 0.05) is 30.2 Å². The Kier molecular flexibility index (Phi) is 3.13. The third-order valence-corrected chi connectivity index (χ3v) is 3.94. The van der Waals surface area contributed by atoms with Crippen molar-refractivity contribution in [2.24, 2.45) is 0 Å². The molecule has 0 spiro atoms. The third-order valence-electron chi connectivity index (χ3n) is 3.00. The van der Waals surface area contributed by atoms with Gasteiger partial charge in [-0.05, 0) is 30.0 Å². The minimum Gasteiger partial charge on any atom is -0.423 e. The molecule has 0 aliphatic carbocycles. The lowest BCUT2D eigenvalue weighted by Crippen LogP contribution is -2.20. The molecule has 0 saturated carbocycles. The highest BCUT2D eigenvalue weighted by atomic mass is 32.1. The van der Waals surface area contributed by atoms with E-state index in [1.54, 1.807) is 17.4 Å². The molecule has 5 heteroatoms. The Morgan fingerprint density at radius 2 is 2.26 bits per heavy atom. The van der Waals surface area contributed by atoms with E-state index in [4.69, 9.17) is 10.2 Å². The summed E-state index contributed by atoms with van der Waals surface area (Å²) in [6, 6.07) is 10.4.